The summed E-state index contributed by atoms with van der Waals surface area (Å²) in [5, 5.41) is 0. The molecular formula is C16H18ClNO. The summed E-state index contributed by atoms with van der Waals surface area (Å²) in [7, 11) is 0. The van der Waals surface area contributed by atoms with E-state index in [4.69, 9.17) is 16.3 Å². The Hall–Kier alpha value is -1.54. The highest BCUT2D eigenvalue weighted by atomic mass is 35.5. The van der Waals surface area contributed by atoms with Crippen molar-refractivity contribution in [2.75, 3.05) is 0 Å². The Morgan fingerprint density at radius 2 is 2.00 bits per heavy atom. The first-order valence-corrected chi connectivity index (χ1v) is 6.94. The molecule has 19 heavy (non-hydrogen) atoms. The summed E-state index contributed by atoms with van der Waals surface area (Å²) in [6.45, 7) is 6.27. The van der Waals surface area contributed by atoms with Gasteiger partial charge in [0, 0.05) is 17.6 Å². The fourth-order valence-corrected chi connectivity index (χ4v) is 2.11. The number of benzene rings is 1. The molecular weight excluding hydrogens is 258 g/mol. The lowest BCUT2D eigenvalue weighted by atomic mass is 10.0. The molecule has 0 aliphatic rings. The molecule has 0 bridgehead atoms. The predicted molar refractivity (Wildman–Crippen MR) is 79.1 cm³/mol. The van der Waals surface area contributed by atoms with E-state index in [1.807, 2.05) is 31.2 Å². The van der Waals surface area contributed by atoms with E-state index in [0.717, 1.165) is 17.0 Å². The molecule has 0 N–H and O–H groups in total. The highest BCUT2D eigenvalue weighted by Crippen LogP contribution is 2.25. The average molecular weight is 276 g/mol. The molecule has 0 spiro atoms. The molecule has 0 aliphatic heterocycles. The van der Waals surface area contributed by atoms with Crippen molar-refractivity contribution in [3.8, 4) is 11.6 Å². The highest BCUT2D eigenvalue weighted by Gasteiger charge is 2.05. The van der Waals surface area contributed by atoms with Crippen molar-refractivity contribution in [3.05, 3.63) is 53.2 Å². The van der Waals surface area contributed by atoms with Crippen molar-refractivity contribution in [1.29, 1.82) is 0 Å². The van der Waals surface area contributed by atoms with Gasteiger partial charge < -0.3 is 4.74 Å². The van der Waals surface area contributed by atoms with Crippen LogP contribution in [-0.2, 0) is 5.88 Å². The number of halogens is 1. The fourth-order valence-electron chi connectivity index (χ4n) is 1.82. The van der Waals surface area contributed by atoms with Crippen molar-refractivity contribution < 1.29 is 4.74 Å². The molecule has 100 valence electrons. The lowest BCUT2D eigenvalue weighted by Crippen LogP contribution is -1.94. The Balaban J connectivity index is 2.21. The molecule has 0 aliphatic carbocycles. The van der Waals surface area contributed by atoms with Gasteiger partial charge in [-0.2, -0.15) is 0 Å². The molecule has 0 atom stereocenters. The summed E-state index contributed by atoms with van der Waals surface area (Å²) in [4.78, 5) is 4.41. The lowest BCUT2D eigenvalue weighted by Gasteiger charge is -2.10. The molecule has 0 fully saturated rings. The van der Waals surface area contributed by atoms with Crippen LogP contribution < -0.4 is 4.74 Å². The van der Waals surface area contributed by atoms with Crippen molar-refractivity contribution >= 4 is 11.6 Å². The van der Waals surface area contributed by atoms with E-state index in [1.54, 1.807) is 0 Å². The second-order valence-corrected chi connectivity index (χ2v) is 5.12. The molecule has 2 aromatic rings. The Labute approximate surface area is 119 Å². The molecule has 0 saturated carbocycles. The number of hydrogen-bond donors (Lipinski definition) is 0. The number of nitrogens with zero attached hydrogens (tertiary/aromatic N) is 1. The molecule has 0 saturated heterocycles. The SMILES string of the molecule is Cc1nc(Oc2cccc(C(C)C)c2)ccc1CCl. The maximum absolute atomic E-state index is 5.82. The van der Waals surface area contributed by atoms with Crippen LogP contribution >= 0.6 is 11.6 Å². The van der Waals surface area contributed by atoms with Gasteiger partial charge in [0.15, 0.2) is 0 Å². The molecule has 1 heterocycles. The highest BCUT2D eigenvalue weighted by molar-refractivity contribution is 6.17. The lowest BCUT2D eigenvalue weighted by molar-refractivity contribution is 0.460. The molecule has 1 aromatic heterocycles. The van der Waals surface area contributed by atoms with Gasteiger partial charge in [0.05, 0.1) is 0 Å². The van der Waals surface area contributed by atoms with E-state index in [2.05, 4.69) is 31.0 Å². The quantitative estimate of drug-likeness (QED) is 0.729. The largest absolute Gasteiger partial charge is 0.439 e. The fraction of sp³-hybridized carbons (Fsp3) is 0.312. The summed E-state index contributed by atoms with van der Waals surface area (Å²) in [6.07, 6.45) is 0. The van der Waals surface area contributed by atoms with Crippen molar-refractivity contribution in [2.45, 2.75) is 32.6 Å². The summed E-state index contributed by atoms with van der Waals surface area (Å²) in [5.74, 6) is 2.38. The minimum Gasteiger partial charge on any atom is -0.439 e. The molecule has 2 rings (SSSR count). The second-order valence-electron chi connectivity index (χ2n) is 4.86. The average Bonchev–Trinajstić information content (AvgIpc) is 2.39. The second kappa shape index (κ2) is 6.07. The number of ether oxygens (including phenoxy) is 1. The van der Waals surface area contributed by atoms with Gasteiger partial charge in [0.25, 0.3) is 0 Å². The molecule has 0 radical (unpaired) electrons. The summed E-state index contributed by atoms with van der Waals surface area (Å²) in [5.41, 5.74) is 3.20. The normalized spacial score (nSPS) is 10.8. The van der Waals surface area contributed by atoms with Crippen LogP contribution in [0.1, 0.15) is 36.6 Å². The van der Waals surface area contributed by atoms with E-state index in [0.29, 0.717) is 17.7 Å². The summed E-state index contributed by atoms with van der Waals surface area (Å²) < 4.78 is 5.80. The third-order valence-corrected chi connectivity index (χ3v) is 3.35. The van der Waals surface area contributed by atoms with Gasteiger partial charge in [0.2, 0.25) is 5.88 Å². The Morgan fingerprint density at radius 1 is 1.21 bits per heavy atom. The third-order valence-electron chi connectivity index (χ3n) is 3.06. The summed E-state index contributed by atoms with van der Waals surface area (Å²) in [6, 6.07) is 11.9. The van der Waals surface area contributed by atoms with Crippen molar-refractivity contribution in [2.24, 2.45) is 0 Å². The van der Waals surface area contributed by atoms with Crippen molar-refractivity contribution in [3.63, 3.8) is 0 Å². The van der Waals surface area contributed by atoms with Gasteiger partial charge in [0.1, 0.15) is 5.75 Å². The first-order chi connectivity index (χ1) is 9.10. The molecule has 0 amide bonds. The Morgan fingerprint density at radius 3 is 2.63 bits per heavy atom. The number of alkyl halides is 1. The predicted octanol–water partition coefficient (Wildman–Crippen LogP) is 5.04. The van der Waals surface area contributed by atoms with Crippen LogP contribution in [0.4, 0.5) is 0 Å². The van der Waals surface area contributed by atoms with Crippen LogP contribution in [-0.4, -0.2) is 4.98 Å². The van der Waals surface area contributed by atoms with Gasteiger partial charge >= 0.3 is 0 Å². The molecule has 1 aromatic carbocycles. The van der Waals surface area contributed by atoms with Crippen LogP contribution in [0.3, 0.4) is 0 Å². The van der Waals surface area contributed by atoms with E-state index < -0.39 is 0 Å². The van der Waals surface area contributed by atoms with Gasteiger partial charge in [-0.25, -0.2) is 4.98 Å². The van der Waals surface area contributed by atoms with Gasteiger partial charge in [-0.15, -0.1) is 11.6 Å². The number of aryl methyl sites for hydroxylation is 1. The van der Waals surface area contributed by atoms with Crippen LogP contribution in [0.2, 0.25) is 0 Å². The third kappa shape index (κ3) is 3.48. The van der Waals surface area contributed by atoms with Crippen LogP contribution in [0.25, 0.3) is 0 Å². The molecule has 3 heteroatoms. The number of aromatic nitrogens is 1. The smallest absolute Gasteiger partial charge is 0.219 e. The zero-order valence-corrected chi connectivity index (χ0v) is 12.2. The van der Waals surface area contributed by atoms with Crippen LogP contribution in [0.5, 0.6) is 11.6 Å². The van der Waals surface area contributed by atoms with Gasteiger partial charge in [-0.3, -0.25) is 0 Å². The number of pyridine rings is 1. The zero-order valence-electron chi connectivity index (χ0n) is 11.5. The molecule has 2 nitrogen and oxygen atoms in total. The van der Waals surface area contributed by atoms with Gasteiger partial charge in [-0.1, -0.05) is 32.0 Å². The van der Waals surface area contributed by atoms with E-state index in [-0.39, 0.29) is 0 Å². The first-order valence-electron chi connectivity index (χ1n) is 6.40. The number of hydrogen-bond acceptors (Lipinski definition) is 2. The Kier molecular flexibility index (Phi) is 4.43. The minimum atomic E-state index is 0.474. The standard InChI is InChI=1S/C16H18ClNO/c1-11(2)13-5-4-6-15(9-13)19-16-8-7-14(10-17)12(3)18-16/h4-9,11H,10H2,1-3H3. The zero-order chi connectivity index (χ0) is 13.8. The van der Waals surface area contributed by atoms with Crippen LogP contribution in [0, 0.1) is 6.92 Å². The topological polar surface area (TPSA) is 22.1 Å². The Bertz CT molecular complexity index is 566. The monoisotopic (exact) mass is 275 g/mol. The van der Waals surface area contributed by atoms with Gasteiger partial charge in [-0.05, 0) is 36.1 Å². The maximum Gasteiger partial charge on any atom is 0.219 e. The minimum absolute atomic E-state index is 0.474. The van der Waals surface area contributed by atoms with E-state index in [9.17, 15) is 0 Å². The van der Waals surface area contributed by atoms with Crippen molar-refractivity contribution in [1.82, 2.24) is 4.98 Å². The first kappa shape index (κ1) is 13.9. The summed E-state index contributed by atoms with van der Waals surface area (Å²) >= 11 is 5.82. The van der Waals surface area contributed by atoms with E-state index in [1.165, 1.54) is 5.56 Å². The maximum atomic E-state index is 5.82. The molecule has 0 unspecified atom stereocenters. The van der Waals surface area contributed by atoms with E-state index >= 15 is 0 Å². The number of rotatable bonds is 4. The van der Waals surface area contributed by atoms with Crippen LogP contribution in [0.15, 0.2) is 36.4 Å².